The van der Waals surface area contributed by atoms with Crippen molar-refractivity contribution in [3.63, 3.8) is 0 Å². The molecule has 0 radical (unpaired) electrons. The zero-order chi connectivity index (χ0) is 20.2. The molecule has 0 bridgehead atoms. The number of hydrogen-bond acceptors (Lipinski definition) is 6. The number of carbonyl (C=O) groups is 1. The van der Waals surface area contributed by atoms with Gasteiger partial charge in [0.05, 0.1) is 7.11 Å². The second kappa shape index (κ2) is 7.98. The van der Waals surface area contributed by atoms with Gasteiger partial charge in [0.1, 0.15) is 23.6 Å². The highest BCUT2D eigenvalue weighted by Crippen LogP contribution is 2.36. The molecule has 0 aliphatic carbocycles. The summed E-state index contributed by atoms with van der Waals surface area (Å²) in [5.74, 6) is -0.260. The lowest BCUT2D eigenvalue weighted by molar-refractivity contribution is 0.0594. The zero-order valence-corrected chi connectivity index (χ0v) is 15.7. The number of pyridine rings is 2. The third kappa shape index (κ3) is 3.87. The Hall–Kier alpha value is -3.93. The number of esters is 1. The molecule has 2 aromatic heterocycles. The number of benzene rings is 2. The van der Waals surface area contributed by atoms with Gasteiger partial charge in [-0.25, -0.2) is 9.78 Å². The summed E-state index contributed by atoms with van der Waals surface area (Å²) in [5, 5.41) is 11.0. The summed E-state index contributed by atoms with van der Waals surface area (Å²) in [5.41, 5.74) is 3.07. The van der Waals surface area contributed by atoms with E-state index in [-0.39, 0.29) is 11.4 Å². The molecule has 0 fully saturated rings. The Morgan fingerprint density at radius 1 is 1.03 bits per heavy atom. The second-order valence-corrected chi connectivity index (χ2v) is 6.40. The van der Waals surface area contributed by atoms with E-state index in [1.54, 1.807) is 18.5 Å². The van der Waals surface area contributed by atoms with Crippen molar-refractivity contribution in [2.24, 2.45) is 0 Å². The second-order valence-electron chi connectivity index (χ2n) is 6.40. The fourth-order valence-corrected chi connectivity index (χ4v) is 3.03. The molecule has 144 valence electrons. The van der Waals surface area contributed by atoms with Crippen LogP contribution in [-0.2, 0) is 11.3 Å². The van der Waals surface area contributed by atoms with Crippen LogP contribution in [-0.4, -0.2) is 28.2 Å². The fraction of sp³-hybridized carbons (Fsp3) is 0.0870. The zero-order valence-electron chi connectivity index (χ0n) is 15.7. The van der Waals surface area contributed by atoms with Crippen LogP contribution >= 0.6 is 0 Å². The van der Waals surface area contributed by atoms with Crippen molar-refractivity contribution in [2.75, 3.05) is 7.11 Å². The van der Waals surface area contributed by atoms with Crippen LogP contribution in [0.2, 0.25) is 0 Å². The van der Waals surface area contributed by atoms with E-state index in [1.807, 2.05) is 48.5 Å². The Kier molecular flexibility index (Phi) is 5.07. The molecule has 29 heavy (non-hydrogen) atoms. The minimum Gasteiger partial charge on any atom is -0.507 e. The molecular formula is C23H18N2O4. The first-order valence-electron chi connectivity index (χ1n) is 8.99. The van der Waals surface area contributed by atoms with E-state index in [0.717, 1.165) is 16.7 Å². The lowest BCUT2D eigenvalue weighted by Crippen LogP contribution is -2.05. The van der Waals surface area contributed by atoms with Crippen LogP contribution in [0.1, 0.15) is 16.1 Å². The molecule has 0 saturated heterocycles. The fourth-order valence-electron chi connectivity index (χ4n) is 3.03. The monoisotopic (exact) mass is 388 g/mol. The van der Waals surface area contributed by atoms with Gasteiger partial charge >= 0.3 is 5.97 Å². The van der Waals surface area contributed by atoms with Gasteiger partial charge in [-0.2, -0.15) is 0 Å². The topological polar surface area (TPSA) is 81.5 Å². The Balaban J connectivity index is 1.86. The number of methoxy groups -OCH3 is 1. The van der Waals surface area contributed by atoms with E-state index >= 15 is 0 Å². The van der Waals surface area contributed by atoms with E-state index in [1.165, 1.54) is 13.2 Å². The normalized spacial score (nSPS) is 10.7. The van der Waals surface area contributed by atoms with Crippen LogP contribution in [0.4, 0.5) is 0 Å². The van der Waals surface area contributed by atoms with E-state index in [2.05, 4.69) is 9.97 Å². The minimum atomic E-state index is -0.632. The van der Waals surface area contributed by atoms with Gasteiger partial charge in [0.25, 0.3) is 0 Å². The smallest absolute Gasteiger partial charge is 0.356 e. The van der Waals surface area contributed by atoms with Crippen LogP contribution in [0.25, 0.3) is 22.0 Å². The van der Waals surface area contributed by atoms with Crippen molar-refractivity contribution in [3.05, 3.63) is 84.3 Å². The number of aromatic nitrogens is 2. The number of carbonyl (C=O) groups excluding carboxylic acids is 1. The van der Waals surface area contributed by atoms with E-state index in [9.17, 15) is 9.90 Å². The molecule has 0 atom stereocenters. The summed E-state index contributed by atoms with van der Waals surface area (Å²) in [6.45, 7) is 0.317. The van der Waals surface area contributed by atoms with Crippen molar-refractivity contribution in [1.29, 1.82) is 0 Å². The summed E-state index contributed by atoms with van der Waals surface area (Å²) in [4.78, 5) is 20.5. The van der Waals surface area contributed by atoms with Gasteiger partial charge in [0, 0.05) is 29.4 Å². The van der Waals surface area contributed by atoms with Crippen LogP contribution in [0.15, 0.2) is 73.1 Å². The molecule has 0 unspecified atom stereocenters. The van der Waals surface area contributed by atoms with E-state index in [0.29, 0.717) is 23.3 Å². The molecular weight excluding hydrogens is 370 g/mol. The molecule has 6 heteroatoms. The van der Waals surface area contributed by atoms with Crippen molar-refractivity contribution >= 4 is 16.9 Å². The Bertz CT molecular complexity index is 1160. The average molecular weight is 388 g/mol. The van der Waals surface area contributed by atoms with Gasteiger partial charge in [-0.15, -0.1) is 0 Å². The summed E-state index contributed by atoms with van der Waals surface area (Å²) >= 11 is 0. The molecule has 2 heterocycles. The lowest BCUT2D eigenvalue weighted by atomic mass is 10.0. The SMILES string of the molecule is COC(=[18O])c1cc(O)c2cc(-c3cccnc3)cc(OCc3ccccc3)c2n1. The highest BCUT2D eigenvalue weighted by molar-refractivity contribution is 5.98. The van der Waals surface area contributed by atoms with Gasteiger partial charge in [-0.05, 0) is 29.3 Å². The molecule has 4 aromatic rings. The highest BCUT2D eigenvalue weighted by Gasteiger charge is 2.17. The highest BCUT2D eigenvalue weighted by atomic mass is 18.1. The molecule has 4 rings (SSSR count). The summed E-state index contributed by atoms with van der Waals surface area (Å²) in [7, 11) is 1.27. The first kappa shape index (κ1) is 18.4. The maximum Gasteiger partial charge on any atom is 0.356 e. The standard InChI is InChI=1S/C23H18N2O4/c1-28-23(27)19-12-20(26)18-10-17(16-8-5-9-24-13-16)11-21(22(18)25-19)29-14-15-6-3-2-4-7-15/h2-13H,14H2,1H3,(H,25,26)/i27+2. The van der Waals surface area contributed by atoms with Crippen molar-refractivity contribution in [1.82, 2.24) is 9.97 Å². The Morgan fingerprint density at radius 2 is 1.86 bits per heavy atom. The van der Waals surface area contributed by atoms with E-state index in [4.69, 9.17) is 9.47 Å². The van der Waals surface area contributed by atoms with Gasteiger partial charge in [0.2, 0.25) is 0 Å². The van der Waals surface area contributed by atoms with Gasteiger partial charge in [-0.3, -0.25) is 4.98 Å². The van der Waals surface area contributed by atoms with Gasteiger partial charge < -0.3 is 14.6 Å². The summed E-state index contributed by atoms with van der Waals surface area (Å²) < 4.78 is 10.8. The molecule has 0 aliphatic rings. The predicted octanol–water partition coefficient (Wildman–Crippen LogP) is 4.37. The number of rotatable bonds is 5. The Labute approximate surface area is 167 Å². The molecule has 0 amide bonds. The third-order valence-electron chi connectivity index (χ3n) is 4.48. The average Bonchev–Trinajstić information content (AvgIpc) is 2.78. The number of nitrogens with zero attached hydrogens (tertiary/aromatic N) is 2. The molecule has 0 aliphatic heterocycles. The molecule has 2 aromatic carbocycles. The quantitative estimate of drug-likeness (QED) is 0.404. The number of hydrogen-bond donors (Lipinski definition) is 1. The number of ether oxygens (including phenoxy) is 2. The Morgan fingerprint density at radius 3 is 2.59 bits per heavy atom. The largest absolute Gasteiger partial charge is 0.507 e. The maximum atomic E-state index is 11.9. The van der Waals surface area contributed by atoms with Crippen LogP contribution in [0.3, 0.4) is 0 Å². The molecule has 0 saturated carbocycles. The predicted molar refractivity (Wildman–Crippen MR) is 109 cm³/mol. The first-order chi connectivity index (χ1) is 14.2. The summed E-state index contributed by atoms with van der Waals surface area (Å²) in [6, 6.07) is 18.4. The minimum absolute atomic E-state index is 0.0104. The molecule has 6 nitrogen and oxygen atoms in total. The van der Waals surface area contributed by atoms with Gasteiger partial charge in [0.15, 0.2) is 5.69 Å². The number of aromatic hydroxyl groups is 1. The van der Waals surface area contributed by atoms with Crippen LogP contribution < -0.4 is 4.74 Å². The lowest BCUT2D eigenvalue weighted by Gasteiger charge is -2.13. The molecule has 0 spiro atoms. The first-order valence-corrected chi connectivity index (χ1v) is 8.99. The van der Waals surface area contributed by atoms with Crippen molar-refractivity contribution < 1.29 is 19.4 Å². The molecule has 1 N–H and O–H groups in total. The van der Waals surface area contributed by atoms with E-state index < -0.39 is 5.97 Å². The van der Waals surface area contributed by atoms with Crippen LogP contribution in [0, 0.1) is 0 Å². The third-order valence-corrected chi connectivity index (χ3v) is 4.48. The van der Waals surface area contributed by atoms with Crippen molar-refractivity contribution in [2.45, 2.75) is 6.61 Å². The van der Waals surface area contributed by atoms with Crippen molar-refractivity contribution in [3.8, 4) is 22.6 Å². The van der Waals surface area contributed by atoms with Gasteiger partial charge in [-0.1, -0.05) is 36.4 Å². The summed E-state index contributed by atoms with van der Waals surface area (Å²) in [6.07, 6.45) is 3.43. The maximum absolute atomic E-state index is 11.9. The van der Waals surface area contributed by atoms with Crippen LogP contribution in [0.5, 0.6) is 11.5 Å². The number of fused-ring (bicyclic) bond motifs is 1.